The van der Waals surface area contributed by atoms with Crippen LogP contribution >= 0.6 is 27.3 Å². The standard InChI is InChI=1S/C14H16BrNO2S/c1-8-4-12(18-3)10(6-11(8)15)14(16)13-5-9(17-2)7-19-13/h4-7,14H,16H2,1-3H3. The summed E-state index contributed by atoms with van der Waals surface area (Å²) in [5, 5.41) is 1.95. The van der Waals surface area contributed by atoms with Crippen molar-refractivity contribution in [1.29, 1.82) is 0 Å². The fraction of sp³-hybridized carbons (Fsp3) is 0.286. The lowest BCUT2D eigenvalue weighted by Crippen LogP contribution is -2.12. The zero-order chi connectivity index (χ0) is 14.0. The van der Waals surface area contributed by atoms with Gasteiger partial charge in [-0.05, 0) is 30.7 Å². The van der Waals surface area contributed by atoms with Crippen molar-refractivity contribution in [2.24, 2.45) is 5.73 Å². The van der Waals surface area contributed by atoms with Crippen molar-refractivity contribution in [1.82, 2.24) is 0 Å². The number of nitrogens with two attached hydrogens (primary N) is 1. The van der Waals surface area contributed by atoms with Crippen molar-refractivity contribution in [2.75, 3.05) is 14.2 Å². The van der Waals surface area contributed by atoms with E-state index in [4.69, 9.17) is 15.2 Å². The van der Waals surface area contributed by atoms with E-state index in [0.29, 0.717) is 0 Å². The molecule has 0 amide bonds. The number of aryl methyl sites for hydroxylation is 1. The Morgan fingerprint density at radius 1 is 1.21 bits per heavy atom. The highest BCUT2D eigenvalue weighted by atomic mass is 79.9. The summed E-state index contributed by atoms with van der Waals surface area (Å²) in [4.78, 5) is 1.05. The predicted molar refractivity (Wildman–Crippen MR) is 82.3 cm³/mol. The molecule has 2 N–H and O–H groups in total. The molecular weight excluding hydrogens is 326 g/mol. The molecule has 0 aliphatic rings. The average molecular weight is 342 g/mol. The Hall–Kier alpha value is -1.04. The Morgan fingerprint density at radius 2 is 1.95 bits per heavy atom. The summed E-state index contributed by atoms with van der Waals surface area (Å²) in [6.07, 6.45) is 0. The summed E-state index contributed by atoms with van der Waals surface area (Å²) in [5.74, 6) is 1.64. The van der Waals surface area contributed by atoms with Crippen LogP contribution in [-0.4, -0.2) is 14.2 Å². The minimum Gasteiger partial charge on any atom is -0.496 e. The smallest absolute Gasteiger partial charge is 0.129 e. The highest BCUT2D eigenvalue weighted by Crippen LogP contribution is 2.36. The minimum absolute atomic E-state index is 0.222. The maximum Gasteiger partial charge on any atom is 0.129 e. The highest BCUT2D eigenvalue weighted by molar-refractivity contribution is 9.10. The monoisotopic (exact) mass is 341 g/mol. The number of rotatable bonds is 4. The second-order valence-corrected chi connectivity index (χ2v) is 6.01. The van der Waals surface area contributed by atoms with E-state index in [2.05, 4.69) is 15.9 Å². The molecule has 1 atom stereocenters. The van der Waals surface area contributed by atoms with Gasteiger partial charge < -0.3 is 15.2 Å². The topological polar surface area (TPSA) is 44.5 Å². The molecule has 1 heterocycles. The molecule has 0 aliphatic heterocycles. The zero-order valence-corrected chi connectivity index (χ0v) is 13.5. The first-order chi connectivity index (χ1) is 9.06. The van der Waals surface area contributed by atoms with E-state index < -0.39 is 0 Å². The number of halogens is 1. The Bertz CT molecular complexity index is 583. The zero-order valence-electron chi connectivity index (χ0n) is 11.1. The number of ether oxygens (including phenoxy) is 2. The van der Waals surface area contributed by atoms with Crippen LogP contribution in [0.5, 0.6) is 11.5 Å². The molecule has 3 nitrogen and oxygen atoms in total. The van der Waals surface area contributed by atoms with E-state index >= 15 is 0 Å². The maximum absolute atomic E-state index is 6.33. The van der Waals surface area contributed by atoms with Crippen LogP contribution in [0.15, 0.2) is 28.1 Å². The molecular formula is C14H16BrNO2S. The van der Waals surface area contributed by atoms with E-state index in [1.54, 1.807) is 25.6 Å². The largest absolute Gasteiger partial charge is 0.496 e. The molecule has 0 bridgehead atoms. The molecule has 102 valence electrons. The molecule has 1 aromatic heterocycles. The number of thiophene rings is 1. The van der Waals surface area contributed by atoms with Gasteiger partial charge in [0.1, 0.15) is 11.5 Å². The van der Waals surface area contributed by atoms with E-state index in [1.165, 1.54) is 0 Å². The van der Waals surface area contributed by atoms with Crippen LogP contribution < -0.4 is 15.2 Å². The van der Waals surface area contributed by atoms with Crippen LogP contribution in [0.25, 0.3) is 0 Å². The molecule has 5 heteroatoms. The number of benzene rings is 1. The van der Waals surface area contributed by atoms with Gasteiger partial charge >= 0.3 is 0 Å². The first-order valence-corrected chi connectivity index (χ1v) is 7.46. The van der Waals surface area contributed by atoms with Crippen LogP contribution in [0.2, 0.25) is 0 Å². The van der Waals surface area contributed by atoms with Crippen molar-refractivity contribution in [3.05, 3.63) is 44.1 Å². The van der Waals surface area contributed by atoms with E-state index in [9.17, 15) is 0 Å². The molecule has 1 unspecified atom stereocenters. The summed E-state index contributed by atoms with van der Waals surface area (Å²) in [6.45, 7) is 2.02. The second-order valence-electron chi connectivity index (χ2n) is 4.21. The number of hydrogen-bond donors (Lipinski definition) is 1. The van der Waals surface area contributed by atoms with Crippen LogP contribution in [0.4, 0.5) is 0 Å². The summed E-state index contributed by atoms with van der Waals surface area (Å²) in [5.41, 5.74) is 8.42. The number of methoxy groups -OCH3 is 2. The van der Waals surface area contributed by atoms with Crippen LogP contribution in [-0.2, 0) is 0 Å². The van der Waals surface area contributed by atoms with E-state index in [0.717, 1.165) is 32.0 Å². The van der Waals surface area contributed by atoms with Crippen molar-refractivity contribution in [3.63, 3.8) is 0 Å². The van der Waals surface area contributed by atoms with E-state index in [1.807, 2.05) is 30.5 Å². The molecule has 19 heavy (non-hydrogen) atoms. The summed E-state index contributed by atoms with van der Waals surface area (Å²) in [6, 6.07) is 5.75. The fourth-order valence-corrected chi connectivity index (χ4v) is 3.08. The number of hydrogen-bond acceptors (Lipinski definition) is 4. The lowest BCUT2D eigenvalue weighted by Gasteiger charge is -2.16. The fourth-order valence-electron chi connectivity index (χ4n) is 1.85. The van der Waals surface area contributed by atoms with Crippen molar-refractivity contribution >= 4 is 27.3 Å². The third-order valence-electron chi connectivity index (χ3n) is 2.98. The van der Waals surface area contributed by atoms with Gasteiger partial charge in [-0.2, -0.15) is 0 Å². The molecule has 0 radical (unpaired) electrons. The molecule has 1 aromatic carbocycles. The summed E-state index contributed by atoms with van der Waals surface area (Å²) in [7, 11) is 3.31. The Balaban J connectivity index is 2.42. The lowest BCUT2D eigenvalue weighted by molar-refractivity contribution is 0.407. The minimum atomic E-state index is -0.222. The molecule has 0 aliphatic carbocycles. The van der Waals surface area contributed by atoms with Gasteiger partial charge in [-0.3, -0.25) is 0 Å². The third kappa shape index (κ3) is 2.94. The quantitative estimate of drug-likeness (QED) is 0.917. The maximum atomic E-state index is 6.33. The Kier molecular flexibility index (Phi) is 4.50. The van der Waals surface area contributed by atoms with Crippen molar-refractivity contribution in [2.45, 2.75) is 13.0 Å². The molecule has 0 spiro atoms. The Labute approximate surface area is 125 Å². The third-order valence-corrected chi connectivity index (χ3v) is 4.83. The lowest BCUT2D eigenvalue weighted by atomic mass is 10.0. The van der Waals surface area contributed by atoms with Gasteiger partial charge in [-0.25, -0.2) is 0 Å². The van der Waals surface area contributed by atoms with Gasteiger partial charge in [0, 0.05) is 20.3 Å². The highest BCUT2D eigenvalue weighted by Gasteiger charge is 2.17. The van der Waals surface area contributed by atoms with Gasteiger partial charge in [0.25, 0.3) is 0 Å². The van der Waals surface area contributed by atoms with E-state index in [-0.39, 0.29) is 6.04 Å². The second kappa shape index (κ2) is 5.94. The van der Waals surface area contributed by atoms with Crippen LogP contribution in [0, 0.1) is 6.92 Å². The van der Waals surface area contributed by atoms with Gasteiger partial charge in [-0.15, -0.1) is 11.3 Å². The molecule has 0 saturated heterocycles. The molecule has 2 rings (SSSR count). The SMILES string of the molecule is COc1csc(C(N)c2cc(Br)c(C)cc2OC)c1. The van der Waals surface area contributed by atoms with Gasteiger partial charge in [0.2, 0.25) is 0 Å². The van der Waals surface area contributed by atoms with Gasteiger partial charge in [0.15, 0.2) is 0 Å². The van der Waals surface area contributed by atoms with Crippen molar-refractivity contribution in [3.8, 4) is 11.5 Å². The predicted octanol–water partition coefficient (Wildman–Crippen LogP) is 3.88. The average Bonchev–Trinajstić information content (AvgIpc) is 2.89. The summed E-state index contributed by atoms with van der Waals surface area (Å²) < 4.78 is 11.7. The Morgan fingerprint density at radius 3 is 2.53 bits per heavy atom. The van der Waals surface area contributed by atoms with Crippen LogP contribution in [0.3, 0.4) is 0 Å². The van der Waals surface area contributed by atoms with Gasteiger partial charge in [-0.1, -0.05) is 15.9 Å². The van der Waals surface area contributed by atoms with Gasteiger partial charge in [0.05, 0.1) is 20.3 Å². The molecule has 0 fully saturated rings. The first-order valence-electron chi connectivity index (χ1n) is 5.78. The van der Waals surface area contributed by atoms with Crippen LogP contribution in [0.1, 0.15) is 22.0 Å². The molecule has 2 aromatic rings. The normalized spacial score (nSPS) is 12.3. The first kappa shape index (κ1) is 14.4. The van der Waals surface area contributed by atoms with Crippen molar-refractivity contribution < 1.29 is 9.47 Å². The summed E-state index contributed by atoms with van der Waals surface area (Å²) >= 11 is 5.12. The molecule has 0 saturated carbocycles.